The van der Waals surface area contributed by atoms with Gasteiger partial charge in [0.25, 0.3) is 11.1 Å². The van der Waals surface area contributed by atoms with Gasteiger partial charge in [-0.05, 0) is 51.5 Å². The van der Waals surface area contributed by atoms with E-state index in [-0.39, 0.29) is 17.2 Å². The van der Waals surface area contributed by atoms with Crippen LogP contribution in [0, 0.1) is 0 Å². The lowest BCUT2D eigenvalue weighted by molar-refractivity contribution is -0.129. The Kier molecular flexibility index (Phi) is 6.58. The molecule has 2 N–H and O–H groups in total. The number of hydrogen-bond donors (Lipinski definition) is 2. The first-order valence-electron chi connectivity index (χ1n) is 8.09. The van der Waals surface area contributed by atoms with E-state index >= 15 is 0 Å². The maximum absolute atomic E-state index is 12.5. The number of carbonyl (C=O) groups excluding carboxylic acids is 3. The maximum atomic E-state index is 12.5. The van der Waals surface area contributed by atoms with Crippen LogP contribution >= 0.6 is 43.6 Å². The number of thioether (sulfide) groups is 1. The number of phenolic OH excluding ortho intramolecular Hbond substituents is 1. The highest BCUT2D eigenvalue weighted by Gasteiger charge is 2.36. The van der Waals surface area contributed by atoms with Crippen LogP contribution in [-0.4, -0.2) is 33.6 Å². The molecule has 1 saturated heterocycles. The first-order valence-corrected chi connectivity index (χ1v) is 10.5. The molecule has 9 heteroatoms. The molecule has 28 heavy (non-hydrogen) atoms. The van der Waals surface area contributed by atoms with Gasteiger partial charge in [0.2, 0.25) is 5.91 Å². The van der Waals surface area contributed by atoms with Crippen LogP contribution in [0.2, 0.25) is 0 Å². The van der Waals surface area contributed by atoms with Crippen LogP contribution in [0.5, 0.6) is 5.75 Å². The molecule has 0 atom stereocenters. The first kappa shape index (κ1) is 20.6. The fourth-order valence-corrected chi connectivity index (χ4v) is 4.56. The molecule has 0 spiro atoms. The summed E-state index contributed by atoms with van der Waals surface area (Å²) in [6.07, 6.45) is 1.43. The third kappa shape index (κ3) is 4.84. The van der Waals surface area contributed by atoms with E-state index in [1.54, 1.807) is 12.1 Å². The van der Waals surface area contributed by atoms with E-state index < -0.39 is 17.1 Å². The van der Waals surface area contributed by atoms with E-state index in [1.165, 1.54) is 6.08 Å². The van der Waals surface area contributed by atoms with Crippen LogP contribution in [0.1, 0.15) is 11.1 Å². The van der Waals surface area contributed by atoms with Gasteiger partial charge in [-0.3, -0.25) is 19.3 Å². The Labute approximate surface area is 182 Å². The molecule has 144 valence electrons. The summed E-state index contributed by atoms with van der Waals surface area (Å²) in [4.78, 5) is 37.9. The summed E-state index contributed by atoms with van der Waals surface area (Å²) < 4.78 is 1.15. The highest BCUT2D eigenvalue weighted by molar-refractivity contribution is 9.11. The van der Waals surface area contributed by atoms with Gasteiger partial charge >= 0.3 is 0 Å². The Morgan fingerprint density at radius 1 is 1.18 bits per heavy atom. The van der Waals surface area contributed by atoms with Crippen LogP contribution < -0.4 is 5.32 Å². The lowest BCUT2D eigenvalue weighted by atomic mass is 10.2. The van der Waals surface area contributed by atoms with Crippen molar-refractivity contribution in [1.82, 2.24) is 10.2 Å². The number of aromatic hydroxyl groups is 1. The van der Waals surface area contributed by atoms with Gasteiger partial charge in [-0.15, -0.1) is 0 Å². The lowest BCUT2D eigenvalue weighted by Gasteiger charge is -2.12. The number of halogens is 2. The minimum absolute atomic E-state index is 0.0457. The second-order valence-electron chi connectivity index (χ2n) is 5.86. The summed E-state index contributed by atoms with van der Waals surface area (Å²) in [5, 5.41) is 12.3. The SMILES string of the molecule is O=C(CN1C(=O)S/C(=C\c2cc(Br)cc(Br)c2O)C1=O)NCc1ccccc1. The van der Waals surface area contributed by atoms with Crippen molar-refractivity contribution in [2.24, 2.45) is 0 Å². The highest BCUT2D eigenvalue weighted by Crippen LogP contribution is 2.37. The standard InChI is InChI=1S/C19H14Br2N2O4S/c20-13-6-12(17(25)14(21)8-13)7-15-18(26)23(19(27)28-15)10-16(24)22-9-11-4-2-1-3-5-11/h1-8,25H,9-10H2,(H,22,24)/b15-7-. The molecule has 1 fully saturated rings. The van der Waals surface area contributed by atoms with E-state index in [1.807, 2.05) is 30.3 Å². The molecule has 3 amide bonds. The van der Waals surface area contributed by atoms with Crippen molar-refractivity contribution in [3.05, 3.63) is 67.4 Å². The number of rotatable bonds is 5. The van der Waals surface area contributed by atoms with Gasteiger partial charge in [-0.1, -0.05) is 46.3 Å². The zero-order chi connectivity index (χ0) is 20.3. The predicted molar refractivity (Wildman–Crippen MR) is 114 cm³/mol. The van der Waals surface area contributed by atoms with E-state index in [9.17, 15) is 19.5 Å². The minimum Gasteiger partial charge on any atom is -0.506 e. The van der Waals surface area contributed by atoms with E-state index in [2.05, 4.69) is 37.2 Å². The molecule has 1 heterocycles. The number of hydrogen-bond acceptors (Lipinski definition) is 5. The number of carbonyl (C=O) groups is 3. The van der Waals surface area contributed by atoms with Gasteiger partial charge in [0.15, 0.2) is 0 Å². The molecule has 2 aromatic rings. The van der Waals surface area contributed by atoms with Crippen LogP contribution in [0.25, 0.3) is 6.08 Å². The summed E-state index contributed by atoms with van der Waals surface area (Å²) in [5.74, 6) is -1.04. The van der Waals surface area contributed by atoms with Crippen molar-refractivity contribution >= 4 is 66.8 Å². The number of imide groups is 1. The zero-order valence-corrected chi connectivity index (χ0v) is 18.3. The Hall–Kier alpha value is -2.10. The van der Waals surface area contributed by atoms with Gasteiger partial charge in [0.1, 0.15) is 12.3 Å². The fraction of sp³-hybridized carbons (Fsp3) is 0.105. The summed E-state index contributed by atoms with van der Waals surface area (Å²) in [6, 6.07) is 12.6. The quantitative estimate of drug-likeness (QED) is 0.569. The fourth-order valence-electron chi connectivity index (χ4n) is 2.47. The van der Waals surface area contributed by atoms with Crippen LogP contribution in [0.3, 0.4) is 0 Å². The lowest BCUT2D eigenvalue weighted by Crippen LogP contribution is -2.39. The summed E-state index contributed by atoms with van der Waals surface area (Å²) in [7, 11) is 0. The number of amides is 3. The number of nitrogens with zero attached hydrogens (tertiary/aromatic N) is 1. The first-order chi connectivity index (χ1) is 13.3. The monoisotopic (exact) mass is 524 g/mol. The second-order valence-corrected chi connectivity index (χ2v) is 8.62. The van der Waals surface area contributed by atoms with E-state index in [0.29, 0.717) is 21.1 Å². The topological polar surface area (TPSA) is 86.7 Å². The number of nitrogens with one attached hydrogen (secondary N) is 1. The molecule has 0 aromatic heterocycles. The van der Waals surface area contributed by atoms with Gasteiger partial charge in [-0.25, -0.2) is 0 Å². The maximum Gasteiger partial charge on any atom is 0.294 e. The largest absolute Gasteiger partial charge is 0.506 e. The smallest absolute Gasteiger partial charge is 0.294 e. The van der Waals surface area contributed by atoms with Crippen molar-refractivity contribution < 1.29 is 19.5 Å². The molecular weight excluding hydrogens is 512 g/mol. The molecule has 1 aliphatic rings. The van der Waals surface area contributed by atoms with E-state index in [4.69, 9.17) is 0 Å². The molecular formula is C19H14Br2N2O4S. The second kappa shape index (κ2) is 8.93. The van der Waals surface area contributed by atoms with Crippen LogP contribution in [0.15, 0.2) is 56.3 Å². The molecule has 0 bridgehead atoms. The third-order valence-electron chi connectivity index (χ3n) is 3.85. The Balaban J connectivity index is 1.69. The van der Waals surface area contributed by atoms with E-state index in [0.717, 1.165) is 22.2 Å². The van der Waals surface area contributed by atoms with Crippen molar-refractivity contribution in [1.29, 1.82) is 0 Å². The predicted octanol–water partition coefficient (Wildman–Crippen LogP) is 4.27. The summed E-state index contributed by atoms with van der Waals surface area (Å²) in [5.41, 5.74) is 1.29. The van der Waals surface area contributed by atoms with Crippen molar-refractivity contribution in [2.75, 3.05) is 6.54 Å². The highest BCUT2D eigenvalue weighted by atomic mass is 79.9. The van der Waals surface area contributed by atoms with Gasteiger partial charge in [0.05, 0.1) is 9.38 Å². The Bertz CT molecular complexity index is 979. The molecule has 2 aromatic carbocycles. The van der Waals surface area contributed by atoms with Crippen LogP contribution in [0.4, 0.5) is 4.79 Å². The molecule has 6 nitrogen and oxygen atoms in total. The van der Waals surface area contributed by atoms with Crippen molar-refractivity contribution in [2.45, 2.75) is 6.54 Å². The molecule has 0 saturated carbocycles. The molecule has 0 aliphatic carbocycles. The Morgan fingerprint density at radius 3 is 2.61 bits per heavy atom. The molecule has 0 radical (unpaired) electrons. The van der Waals surface area contributed by atoms with Gasteiger partial charge in [0, 0.05) is 16.6 Å². The van der Waals surface area contributed by atoms with Crippen molar-refractivity contribution in [3.8, 4) is 5.75 Å². The number of benzene rings is 2. The Morgan fingerprint density at radius 2 is 1.89 bits per heavy atom. The average Bonchev–Trinajstić information content (AvgIpc) is 2.92. The van der Waals surface area contributed by atoms with Crippen LogP contribution in [-0.2, 0) is 16.1 Å². The number of phenols is 1. The molecule has 0 unspecified atom stereocenters. The normalized spacial score (nSPS) is 15.4. The van der Waals surface area contributed by atoms with Gasteiger partial charge in [-0.2, -0.15) is 0 Å². The minimum atomic E-state index is -0.569. The summed E-state index contributed by atoms with van der Waals surface area (Å²) >= 11 is 7.27. The molecule has 3 rings (SSSR count). The zero-order valence-electron chi connectivity index (χ0n) is 14.3. The van der Waals surface area contributed by atoms with Crippen molar-refractivity contribution in [3.63, 3.8) is 0 Å². The third-order valence-corrected chi connectivity index (χ3v) is 5.82. The average molecular weight is 526 g/mol. The summed E-state index contributed by atoms with van der Waals surface area (Å²) in [6.45, 7) is -0.0469. The molecule has 1 aliphatic heterocycles. The van der Waals surface area contributed by atoms with Gasteiger partial charge < -0.3 is 10.4 Å².